The summed E-state index contributed by atoms with van der Waals surface area (Å²) in [4.78, 5) is 2.46. The highest BCUT2D eigenvalue weighted by atomic mass is 16.5. The van der Waals surface area contributed by atoms with Gasteiger partial charge in [-0.2, -0.15) is 0 Å². The lowest BCUT2D eigenvalue weighted by atomic mass is 10.1. The molecule has 3 heteroatoms. The molecule has 0 unspecified atom stereocenters. The second kappa shape index (κ2) is 6.80. The van der Waals surface area contributed by atoms with Crippen LogP contribution in [0.3, 0.4) is 0 Å². The zero-order chi connectivity index (χ0) is 13.7. The number of nitrogens with two attached hydrogens (primary N) is 1. The van der Waals surface area contributed by atoms with E-state index in [1.54, 1.807) is 7.11 Å². The SMILES string of the molecule is COc1ccc(CN(C)C2CCCCCC2)c(N)c1. The first-order valence-corrected chi connectivity index (χ1v) is 7.33. The van der Waals surface area contributed by atoms with Crippen LogP contribution in [-0.4, -0.2) is 25.1 Å². The molecule has 0 aliphatic heterocycles. The fourth-order valence-corrected chi connectivity index (χ4v) is 2.94. The molecule has 1 aromatic carbocycles. The molecular formula is C16H26N2O. The van der Waals surface area contributed by atoms with Gasteiger partial charge in [0.25, 0.3) is 0 Å². The lowest BCUT2D eigenvalue weighted by Crippen LogP contribution is -2.30. The number of nitrogens with zero attached hydrogens (tertiary/aromatic N) is 1. The molecule has 0 spiro atoms. The van der Waals surface area contributed by atoms with Crippen LogP contribution in [0.2, 0.25) is 0 Å². The largest absolute Gasteiger partial charge is 0.497 e. The van der Waals surface area contributed by atoms with E-state index in [9.17, 15) is 0 Å². The van der Waals surface area contributed by atoms with Gasteiger partial charge in [0, 0.05) is 24.3 Å². The first-order valence-electron chi connectivity index (χ1n) is 7.33. The molecule has 0 aromatic heterocycles. The summed E-state index contributed by atoms with van der Waals surface area (Å²) in [6.45, 7) is 0.931. The molecule has 0 bridgehead atoms. The fourth-order valence-electron chi connectivity index (χ4n) is 2.94. The second-order valence-corrected chi connectivity index (χ2v) is 5.63. The van der Waals surface area contributed by atoms with E-state index < -0.39 is 0 Å². The number of rotatable bonds is 4. The summed E-state index contributed by atoms with van der Waals surface area (Å²) in [7, 11) is 3.89. The van der Waals surface area contributed by atoms with Crippen molar-refractivity contribution in [2.45, 2.75) is 51.1 Å². The van der Waals surface area contributed by atoms with Crippen molar-refractivity contribution in [1.82, 2.24) is 4.90 Å². The van der Waals surface area contributed by atoms with Gasteiger partial charge in [-0.15, -0.1) is 0 Å². The Hall–Kier alpha value is -1.22. The van der Waals surface area contributed by atoms with Crippen molar-refractivity contribution >= 4 is 5.69 Å². The van der Waals surface area contributed by atoms with E-state index >= 15 is 0 Å². The molecule has 1 saturated carbocycles. The van der Waals surface area contributed by atoms with Crippen LogP contribution >= 0.6 is 0 Å². The van der Waals surface area contributed by atoms with Crippen LogP contribution in [0.4, 0.5) is 5.69 Å². The van der Waals surface area contributed by atoms with Crippen LogP contribution in [0, 0.1) is 0 Å². The van der Waals surface area contributed by atoms with E-state index in [4.69, 9.17) is 10.5 Å². The third-order valence-corrected chi connectivity index (χ3v) is 4.22. The molecule has 1 aromatic rings. The van der Waals surface area contributed by atoms with Crippen LogP contribution in [0.25, 0.3) is 0 Å². The number of nitrogen functional groups attached to an aromatic ring is 1. The summed E-state index contributed by atoms with van der Waals surface area (Å²) in [5.74, 6) is 0.832. The predicted molar refractivity (Wildman–Crippen MR) is 80.4 cm³/mol. The van der Waals surface area contributed by atoms with Gasteiger partial charge in [0.1, 0.15) is 5.75 Å². The number of methoxy groups -OCH3 is 1. The summed E-state index contributed by atoms with van der Waals surface area (Å²) in [5.41, 5.74) is 8.13. The van der Waals surface area contributed by atoms with Crippen molar-refractivity contribution in [2.75, 3.05) is 19.9 Å². The van der Waals surface area contributed by atoms with Gasteiger partial charge in [-0.05, 0) is 31.5 Å². The van der Waals surface area contributed by atoms with Gasteiger partial charge in [0.15, 0.2) is 0 Å². The summed E-state index contributed by atoms with van der Waals surface area (Å²) in [5, 5.41) is 0. The van der Waals surface area contributed by atoms with E-state index in [0.717, 1.165) is 18.0 Å². The monoisotopic (exact) mass is 262 g/mol. The Bertz CT molecular complexity index is 398. The van der Waals surface area contributed by atoms with Gasteiger partial charge in [0.05, 0.1) is 7.11 Å². The van der Waals surface area contributed by atoms with Gasteiger partial charge >= 0.3 is 0 Å². The highest BCUT2D eigenvalue weighted by molar-refractivity contribution is 5.51. The molecule has 1 aliphatic carbocycles. The van der Waals surface area contributed by atoms with Gasteiger partial charge < -0.3 is 10.5 Å². The van der Waals surface area contributed by atoms with E-state index in [-0.39, 0.29) is 0 Å². The molecule has 1 fully saturated rings. The molecule has 0 radical (unpaired) electrons. The first-order chi connectivity index (χ1) is 9.20. The number of ether oxygens (including phenoxy) is 1. The smallest absolute Gasteiger partial charge is 0.120 e. The van der Waals surface area contributed by atoms with E-state index in [2.05, 4.69) is 18.0 Å². The van der Waals surface area contributed by atoms with Crippen LogP contribution < -0.4 is 10.5 Å². The van der Waals surface area contributed by atoms with E-state index in [1.807, 2.05) is 12.1 Å². The van der Waals surface area contributed by atoms with Crippen molar-refractivity contribution < 1.29 is 4.74 Å². The fraction of sp³-hybridized carbons (Fsp3) is 0.625. The summed E-state index contributed by atoms with van der Waals surface area (Å²) >= 11 is 0. The van der Waals surface area contributed by atoms with Crippen LogP contribution in [0.15, 0.2) is 18.2 Å². The standard InChI is InChI=1S/C16H26N2O/c1-18(14-7-5-3-4-6-8-14)12-13-9-10-15(19-2)11-16(13)17/h9-11,14H,3-8,12,17H2,1-2H3. The minimum Gasteiger partial charge on any atom is -0.497 e. The Labute approximate surface area is 116 Å². The minimum atomic E-state index is 0.712. The molecule has 0 heterocycles. The average Bonchev–Trinajstić information content (AvgIpc) is 2.70. The van der Waals surface area contributed by atoms with Crippen molar-refractivity contribution in [3.05, 3.63) is 23.8 Å². The Morgan fingerprint density at radius 2 is 1.89 bits per heavy atom. The van der Waals surface area contributed by atoms with Gasteiger partial charge in [-0.3, -0.25) is 4.90 Å². The molecule has 2 N–H and O–H groups in total. The molecule has 19 heavy (non-hydrogen) atoms. The third-order valence-electron chi connectivity index (χ3n) is 4.22. The van der Waals surface area contributed by atoms with Crippen LogP contribution in [0.1, 0.15) is 44.1 Å². The highest BCUT2D eigenvalue weighted by Gasteiger charge is 2.17. The number of benzene rings is 1. The first kappa shape index (κ1) is 14.2. The Kier molecular flexibility index (Phi) is 5.08. The number of hydrogen-bond acceptors (Lipinski definition) is 3. The average molecular weight is 262 g/mol. The molecular weight excluding hydrogens is 236 g/mol. The molecule has 1 aliphatic rings. The van der Waals surface area contributed by atoms with Crippen LogP contribution in [0.5, 0.6) is 5.75 Å². The normalized spacial score (nSPS) is 17.4. The van der Waals surface area contributed by atoms with Gasteiger partial charge in [-0.1, -0.05) is 31.7 Å². The highest BCUT2D eigenvalue weighted by Crippen LogP contribution is 2.25. The van der Waals surface area contributed by atoms with Crippen molar-refractivity contribution in [3.63, 3.8) is 0 Å². The number of hydrogen-bond donors (Lipinski definition) is 1. The molecule has 0 saturated heterocycles. The maximum Gasteiger partial charge on any atom is 0.120 e. The zero-order valence-corrected chi connectivity index (χ0v) is 12.2. The van der Waals surface area contributed by atoms with Gasteiger partial charge in [0.2, 0.25) is 0 Å². The molecule has 0 atom stereocenters. The molecule has 106 valence electrons. The number of anilines is 1. The Morgan fingerprint density at radius 1 is 1.21 bits per heavy atom. The Morgan fingerprint density at radius 3 is 2.47 bits per heavy atom. The summed E-state index contributed by atoms with van der Waals surface area (Å²) in [6.07, 6.45) is 8.18. The van der Waals surface area contributed by atoms with Crippen LogP contribution in [-0.2, 0) is 6.54 Å². The maximum atomic E-state index is 6.10. The summed E-state index contributed by atoms with van der Waals surface area (Å²) < 4.78 is 5.19. The van der Waals surface area contributed by atoms with E-state index in [1.165, 1.54) is 44.1 Å². The molecule has 2 rings (SSSR count). The molecule has 3 nitrogen and oxygen atoms in total. The lowest BCUT2D eigenvalue weighted by Gasteiger charge is -2.27. The maximum absolute atomic E-state index is 6.10. The van der Waals surface area contributed by atoms with Crippen molar-refractivity contribution in [2.24, 2.45) is 0 Å². The van der Waals surface area contributed by atoms with Crippen molar-refractivity contribution in [1.29, 1.82) is 0 Å². The van der Waals surface area contributed by atoms with Crippen molar-refractivity contribution in [3.8, 4) is 5.75 Å². The quantitative estimate of drug-likeness (QED) is 0.667. The second-order valence-electron chi connectivity index (χ2n) is 5.63. The lowest BCUT2D eigenvalue weighted by molar-refractivity contribution is 0.213. The minimum absolute atomic E-state index is 0.712. The van der Waals surface area contributed by atoms with E-state index in [0.29, 0.717) is 6.04 Å². The molecule has 0 amide bonds. The topological polar surface area (TPSA) is 38.5 Å². The zero-order valence-electron chi connectivity index (χ0n) is 12.2. The summed E-state index contributed by atoms with van der Waals surface area (Å²) in [6, 6.07) is 6.70. The van der Waals surface area contributed by atoms with Gasteiger partial charge in [-0.25, -0.2) is 0 Å². The Balaban J connectivity index is 1.99. The predicted octanol–water partition coefficient (Wildman–Crippen LogP) is 3.43. The third kappa shape index (κ3) is 3.87.